The van der Waals surface area contributed by atoms with E-state index in [1.807, 2.05) is 23.2 Å². The molecule has 0 spiro atoms. The molecule has 0 aliphatic carbocycles. The van der Waals surface area contributed by atoms with Gasteiger partial charge in [0, 0.05) is 21.4 Å². The van der Waals surface area contributed by atoms with Crippen molar-refractivity contribution in [3.8, 4) is 11.3 Å². The summed E-state index contributed by atoms with van der Waals surface area (Å²) >= 11 is 3.48. The summed E-state index contributed by atoms with van der Waals surface area (Å²) in [6.45, 7) is 6.55. The Kier molecular flexibility index (Phi) is 4.50. The van der Waals surface area contributed by atoms with Gasteiger partial charge in [0.05, 0.1) is 11.3 Å². The molecule has 0 saturated carbocycles. The molecule has 1 aromatic carbocycles. The molecule has 0 amide bonds. The number of hydrogen-bond acceptors (Lipinski definition) is 4. The first-order valence-electron chi connectivity index (χ1n) is 6.27. The number of hydrogen-bond donors (Lipinski definition) is 1. The molecule has 0 bridgehead atoms. The fourth-order valence-corrected chi connectivity index (χ4v) is 3.26. The van der Waals surface area contributed by atoms with E-state index in [1.165, 1.54) is 0 Å². The Morgan fingerprint density at radius 3 is 2.80 bits per heavy atom. The second-order valence-electron chi connectivity index (χ2n) is 5.41. The summed E-state index contributed by atoms with van der Waals surface area (Å²) in [6, 6.07) is 6.90. The Hall–Kier alpha value is -1.33. The monoisotopic (exact) mass is 307 g/mol. The molecule has 5 heteroatoms. The van der Waals surface area contributed by atoms with Crippen molar-refractivity contribution in [1.82, 2.24) is 4.98 Å². The molecule has 0 unspecified atom stereocenters. The highest BCUT2D eigenvalue weighted by Gasteiger charge is 2.13. The summed E-state index contributed by atoms with van der Waals surface area (Å²) < 4.78 is 0.217. The fraction of sp³-hybridized carbons (Fsp3) is 0.333. The van der Waals surface area contributed by atoms with Gasteiger partial charge in [0.1, 0.15) is 5.01 Å². The number of aromatic nitrogens is 1. The molecular formula is C15H17NO2S2. The maximum atomic E-state index is 11.0. The number of thiazole rings is 1. The highest BCUT2D eigenvalue weighted by atomic mass is 32.2. The van der Waals surface area contributed by atoms with Crippen LogP contribution in [0.4, 0.5) is 0 Å². The van der Waals surface area contributed by atoms with Gasteiger partial charge in [0.25, 0.3) is 0 Å². The number of thioether (sulfide) groups is 1. The van der Waals surface area contributed by atoms with Gasteiger partial charge in [-0.15, -0.1) is 23.1 Å². The molecular weight excluding hydrogens is 290 g/mol. The lowest BCUT2D eigenvalue weighted by Gasteiger charge is -2.16. The molecule has 0 saturated heterocycles. The van der Waals surface area contributed by atoms with Crippen LogP contribution in [0.5, 0.6) is 0 Å². The van der Waals surface area contributed by atoms with Crippen molar-refractivity contribution in [3.63, 3.8) is 0 Å². The molecule has 0 aliphatic rings. The number of carboxylic acid groups (broad SMARTS) is 1. The first kappa shape index (κ1) is 15.1. The smallest absolute Gasteiger partial charge is 0.335 e. The van der Waals surface area contributed by atoms with E-state index >= 15 is 0 Å². The van der Waals surface area contributed by atoms with Crippen LogP contribution in [-0.4, -0.2) is 20.8 Å². The average Bonchev–Trinajstić information content (AvgIpc) is 2.84. The molecule has 0 aliphatic heterocycles. The molecule has 0 atom stereocenters. The summed E-state index contributed by atoms with van der Waals surface area (Å²) in [7, 11) is 0. The molecule has 1 heterocycles. The highest BCUT2D eigenvalue weighted by Crippen LogP contribution is 2.30. The third-order valence-electron chi connectivity index (χ3n) is 2.59. The second kappa shape index (κ2) is 5.97. The summed E-state index contributed by atoms with van der Waals surface area (Å²) in [5, 5.41) is 12.1. The zero-order valence-electron chi connectivity index (χ0n) is 11.7. The van der Waals surface area contributed by atoms with Crippen molar-refractivity contribution >= 4 is 29.1 Å². The number of nitrogens with zero attached hydrogens (tertiary/aromatic N) is 1. The Morgan fingerprint density at radius 2 is 2.15 bits per heavy atom. The van der Waals surface area contributed by atoms with E-state index in [9.17, 15) is 4.79 Å². The third kappa shape index (κ3) is 4.08. The van der Waals surface area contributed by atoms with Crippen LogP contribution in [0.2, 0.25) is 0 Å². The van der Waals surface area contributed by atoms with Crippen molar-refractivity contribution in [2.75, 3.05) is 0 Å². The first-order valence-corrected chi connectivity index (χ1v) is 8.14. The predicted octanol–water partition coefficient (Wildman–Crippen LogP) is 4.54. The Morgan fingerprint density at radius 1 is 1.40 bits per heavy atom. The maximum absolute atomic E-state index is 11.0. The van der Waals surface area contributed by atoms with Crippen LogP contribution in [0, 0.1) is 0 Å². The number of carbonyl (C=O) groups is 1. The van der Waals surface area contributed by atoms with E-state index in [-0.39, 0.29) is 4.75 Å². The molecule has 1 N–H and O–H groups in total. The molecule has 0 fully saturated rings. The van der Waals surface area contributed by atoms with Gasteiger partial charge in [-0.2, -0.15) is 0 Å². The standard InChI is InChI=1S/C15H17NO2S2/c1-15(2,3)20-9-13-16-12(8-19-13)10-5-4-6-11(7-10)14(17)18/h4-8H,9H2,1-3H3,(H,17,18). The molecule has 2 aromatic rings. The largest absolute Gasteiger partial charge is 0.478 e. The van der Waals surface area contributed by atoms with Crippen LogP contribution in [0.15, 0.2) is 29.6 Å². The molecule has 106 valence electrons. The lowest BCUT2D eigenvalue weighted by atomic mass is 10.1. The first-order chi connectivity index (χ1) is 9.35. The van der Waals surface area contributed by atoms with Crippen LogP contribution in [-0.2, 0) is 5.75 Å². The van der Waals surface area contributed by atoms with E-state index in [2.05, 4.69) is 25.8 Å². The predicted molar refractivity (Wildman–Crippen MR) is 85.6 cm³/mol. The highest BCUT2D eigenvalue weighted by molar-refractivity contribution is 7.99. The van der Waals surface area contributed by atoms with Crippen molar-refractivity contribution in [1.29, 1.82) is 0 Å². The Labute approximate surface area is 127 Å². The third-order valence-corrected chi connectivity index (χ3v) is 4.90. The van der Waals surface area contributed by atoms with Gasteiger partial charge in [0.2, 0.25) is 0 Å². The minimum absolute atomic E-state index is 0.217. The van der Waals surface area contributed by atoms with Crippen molar-refractivity contribution in [2.45, 2.75) is 31.3 Å². The Balaban J connectivity index is 2.16. The van der Waals surface area contributed by atoms with E-state index in [1.54, 1.807) is 29.5 Å². The molecule has 0 radical (unpaired) electrons. The van der Waals surface area contributed by atoms with Gasteiger partial charge < -0.3 is 5.11 Å². The normalized spacial score (nSPS) is 11.6. The van der Waals surface area contributed by atoms with E-state index < -0.39 is 5.97 Å². The minimum atomic E-state index is -0.911. The zero-order chi connectivity index (χ0) is 14.8. The minimum Gasteiger partial charge on any atom is -0.478 e. The van der Waals surface area contributed by atoms with E-state index in [4.69, 9.17) is 5.11 Å². The van der Waals surface area contributed by atoms with Gasteiger partial charge in [-0.3, -0.25) is 0 Å². The van der Waals surface area contributed by atoms with Crippen molar-refractivity contribution in [3.05, 3.63) is 40.2 Å². The van der Waals surface area contributed by atoms with Gasteiger partial charge in [-0.25, -0.2) is 9.78 Å². The second-order valence-corrected chi connectivity index (χ2v) is 8.16. The quantitative estimate of drug-likeness (QED) is 0.901. The van der Waals surface area contributed by atoms with Crippen LogP contribution in [0.1, 0.15) is 36.1 Å². The summed E-state index contributed by atoms with van der Waals surface area (Å²) in [5.74, 6) is -0.0298. The fourth-order valence-electron chi connectivity index (χ4n) is 1.60. The number of benzene rings is 1. The Bertz CT molecular complexity index is 614. The topological polar surface area (TPSA) is 50.2 Å². The average molecular weight is 307 g/mol. The van der Waals surface area contributed by atoms with Crippen LogP contribution in [0.3, 0.4) is 0 Å². The van der Waals surface area contributed by atoms with Crippen molar-refractivity contribution in [2.24, 2.45) is 0 Å². The molecule has 20 heavy (non-hydrogen) atoms. The van der Waals surface area contributed by atoms with Crippen LogP contribution in [0.25, 0.3) is 11.3 Å². The molecule has 3 nitrogen and oxygen atoms in total. The van der Waals surface area contributed by atoms with Gasteiger partial charge in [-0.1, -0.05) is 32.9 Å². The summed E-state index contributed by atoms with van der Waals surface area (Å²) in [5.41, 5.74) is 2.00. The van der Waals surface area contributed by atoms with Crippen LogP contribution < -0.4 is 0 Å². The zero-order valence-corrected chi connectivity index (χ0v) is 13.3. The number of carboxylic acids is 1. The van der Waals surface area contributed by atoms with Gasteiger partial charge in [-0.05, 0) is 12.1 Å². The lowest BCUT2D eigenvalue weighted by molar-refractivity contribution is 0.0697. The summed E-state index contributed by atoms with van der Waals surface area (Å²) in [4.78, 5) is 15.6. The summed E-state index contributed by atoms with van der Waals surface area (Å²) in [6.07, 6.45) is 0. The molecule has 1 aromatic heterocycles. The van der Waals surface area contributed by atoms with Crippen LogP contribution >= 0.6 is 23.1 Å². The van der Waals surface area contributed by atoms with E-state index in [0.29, 0.717) is 5.56 Å². The number of aromatic carboxylic acids is 1. The van der Waals surface area contributed by atoms with E-state index in [0.717, 1.165) is 22.0 Å². The number of rotatable bonds is 4. The lowest BCUT2D eigenvalue weighted by Crippen LogP contribution is -2.07. The van der Waals surface area contributed by atoms with Crippen molar-refractivity contribution < 1.29 is 9.90 Å². The SMILES string of the molecule is CC(C)(C)SCc1nc(-c2cccc(C(=O)O)c2)cs1. The van der Waals surface area contributed by atoms with Gasteiger partial charge in [0.15, 0.2) is 0 Å². The van der Waals surface area contributed by atoms with Gasteiger partial charge >= 0.3 is 5.97 Å². The maximum Gasteiger partial charge on any atom is 0.335 e. The molecule has 2 rings (SSSR count).